The number of phenolic OH excluding ortho intramolecular Hbond substituents is 1. The highest BCUT2D eigenvalue weighted by molar-refractivity contribution is 6.03. The van der Waals surface area contributed by atoms with Crippen molar-refractivity contribution in [2.75, 3.05) is 21.3 Å². The number of hydrogen-bond acceptors (Lipinski definition) is 10. The number of rotatable bonds is 7. The highest BCUT2D eigenvalue weighted by Gasteiger charge is 2.31. The molecule has 0 amide bonds. The normalized spacial score (nSPS) is 14.6. The lowest BCUT2D eigenvalue weighted by atomic mass is 9.95. The maximum Gasteiger partial charge on any atom is 0.336 e. The number of methoxy groups -OCH3 is 3. The molecule has 4 rings (SSSR count). The van der Waals surface area contributed by atoms with Crippen molar-refractivity contribution in [1.82, 2.24) is 4.98 Å². The summed E-state index contributed by atoms with van der Waals surface area (Å²) in [6, 6.07) is 10.6. The van der Waals surface area contributed by atoms with Crippen LogP contribution >= 0.6 is 0 Å². The van der Waals surface area contributed by atoms with Crippen LogP contribution in [0.4, 0.5) is 0 Å². The van der Waals surface area contributed by atoms with Gasteiger partial charge in [0.05, 0.1) is 33.4 Å². The number of pyridine rings is 1. The fourth-order valence-electron chi connectivity index (χ4n) is 3.71. The molecule has 0 radical (unpaired) electrons. The molecule has 3 aromatic rings. The standard InChI is InChI=1S/C26H23NO9/c1-32-20-8-4-14(10-22(20)33-2)21-13-19(30)25-18(29)11-16(12-23(25)36-21)35-24(31)9-6-15-5-7-17(28)26(27-15)34-3/h4-12,21,28-29H,13H2,1-3H3/b9-6+/t21-/m0/s1. The molecule has 2 aromatic carbocycles. The molecule has 36 heavy (non-hydrogen) atoms. The number of Topliss-reactive ketones (excluding diaryl/α,β-unsaturated/α-hetero) is 1. The smallest absolute Gasteiger partial charge is 0.336 e. The molecule has 0 spiro atoms. The van der Waals surface area contributed by atoms with Gasteiger partial charge in [0.2, 0.25) is 0 Å². The summed E-state index contributed by atoms with van der Waals surface area (Å²) >= 11 is 0. The van der Waals surface area contributed by atoms with Gasteiger partial charge in [-0.15, -0.1) is 0 Å². The highest BCUT2D eigenvalue weighted by Crippen LogP contribution is 2.43. The van der Waals surface area contributed by atoms with E-state index in [4.69, 9.17) is 23.7 Å². The van der Waals surface area contributed by atoms with Crippen LogP contribution in [0.2, 0.25) is 0 Å². The average molecular weight is 493 g/mol. The molecule has 0 aliphatic carbocycles. The maximum absolute atomic E-state index is 12.8. The lowest BCUT2D eigenvalue weighted by molar-refractivity contribution is -0.128. The first-order chi connectivity index (χ1) is 17.3. The summed E-state index contributed by atoms with van der Waals surface area (Å²) in [6.07, 6.45) is 1.84. The number of carbonyl (C=O) groups excluding carboxylic acids is 2. The lowest BCUT2D eigenvalue weighted by Crippen LogP contribution is -2.21. The van der Waals surface area contributed by atoms with Gasteiger partial charge < -0.3 is 33.9 Å². The Labute approximate surface area is 206 Å². The Hall–Kier alpha value is -4.73. The third kappa shape index (κ3) is 5.02. The molecule has 0 fully saturated rings. The van der Waals surface area contributed by atoms with E-state index in [9.17, 15) is 19.8 Å². The Morgan fingerprint density at radius 2 is 1.78 bits per heavy atom. The van der Waals surface area contributed by atoms with Crippen LogP contribution in [0.15, 0.2) is 48.5 Å². The van der Waals surface area contributed by atoms with Crippen molar-refractivity contribution in [3.63, 3.8) is 0 Å². The Kier molecular flexibility index (Phi) is 6.95. The maximum atomic E-state index is 12.8. The molecule has 0 saturated heterocycles. The summed E-state index contributed by atoms with van der Waals surface area (Å²) in [4.78, 5) is 29.2. The number of ether oxygens (including phenoxy) is 5. The summed E-state index contributed by atoms with van der Waals surface area (Å²) < 4.78 is 26.8. The van der Waals surface area contributed by atoms with Crippen LogP contribution in [0, 0.1) is 0 Å². The van der Waals surface area contributed by atoms with Crippen molar-refractivity contribution in [3.05, 3.63) is 65.4 Å². The van der Waals surface area contributed by atoms with Gasteiger partial charge >= 0.3 is 5.97 Å². The minimum Gasteiger partial charge on any atom is -0.507 e. The fourth-order valence-corrected chi connectivity index (χ4v) is 3.71. The van der Waals surface area contributed by atoms with Gasteiger partial charge in [-0.3, -0.25) is 4.79 Å². The molecule has 0 bridgehead atoms. The van der Waals surface area contributed by atoms with Gasteiger partial charge in [0.25, 0.3) is 5.88 Å². The van der Waals surface area contributed by atoms with E-state index in [0.29, 0.717) is 22.8 Å². The van der Waals surface area contributed by atoms with Gasteiger partial charge in [-0.25, -0.2) is 9.78 Å². The van der Waals surface area contributed by atoms with E-state index in [1.807, 2.05) is 0 Å². The number of aromatic nitrogens is 1. The molecule has 1 aliphatic rings. The van der Waals surface area contributed by atoms with Crippen LogP contribution in [0.1, 0.15) is 34.1 Å². The first-order valence-corrected chi connectivity index (χ1v) is 10.8. The zero-order chi connectivity index (χ0) is 25.8. The van der Waals surface area contributed by atoms with Gasteiger partial charge in [0, 0.05) is 18.2 Å². The molecule has 1 atom stereocenters. The number of esters is 1. The SMILES string of the molecule is COc1ccc([C@@H]2CC(=O)c3c(O)cc(OC(=O)/C=C/c4ccc(O)c(OC)n4)cc3O2)cc1OC. The van der Waals surface area contributed by atoms with Gasteiger partial charge in [-0.2, -0.15) is 0 Å². The molecule has 0 saturated carbocycles. The second-order valence-corrected chi connectivity index (χ2v) is 7.68. The number of fused-ring (bicyclic) bond motifs is 1. The molecule has 1 aromatic heterocycles. The Bertz CT molecular complexity index is 1350. The molecular formula is C26H23NO9. The van der Waals surface area contributed by atoms with E-state index in [-0.39, 0.29) is 46.6 Å². The van der Waals surface area contributed by atoms with Crippen molar-refractivity contribution >= 4 is 17.8 Å². The summed E-state index contributed by atoms with van der Waals surface area (Å²) in [5, 5.41) is 20.0. The van der Waals surface area contributed by atoms with E-state index < -0.39 is 12.1 Å². The zero-order valence-electron chi connectivity index (χ0n) is 19.7. The van der Waals surface area contributed by atoms with E-state index in [1.165, 1.54) is 51.7 Å². The van der Waals surface area contributed by atoms with E-state index in [0.717, 1.165) is 6.08 Å². The number of benzene rings is 2. The zero-order valence-corrected chi connectivity index (χ0v) is 19.7. The Morgan fingerprint density at radius 1 is 1.00 bits per heavy atom. The third-order valence-corrected chi connectivity index (χ3v) is 5.42. The lowest BCUT2D eigenvalue weighted by Gasteiger charge is -2.26. The Balaban J connectivity index is 1.54. The van der Waals surface area contributed by atoms with Crippen LogP contribution < -0.4 is 23.7 Å². The van der Waals surface area contributed by atoms with Crippen LogP contribution in [0.25, 0.3) is 6.08 Å². The number of nitrogens with zero attached hydrogens (tertiary/aromatic N) is 1. The second-order valence-electron chi connectivity index (χ2n) is 7.68. The largest absolute Gasteiger partial charge is 0.507 e. The number of carbonyl (C=O) groups is 2. The molecule has 0 unspecified atom stereocenters. The number of hydrogen-bond donors (Lipinski definition) is 2. The molecule has 10 heteroatoms. The van der Waals surface area contributed by atoms with Gasteiger partial charge in [0.15, 0.2) is 23.0 Å². The van der Waals surface area contributed by atoms with Crippen molar-refractivity contribution in [2.24, 2.45) is 0 Å². The predicted octanol–water partition coefficient (Wildman–Crippen LogP) is 3.84. The quantitative estimate of drug-likeness (QED) is 0.284. The van der Waals surface area contributed by atoms with Gasteiger partial charge in [0.1, 0.15) is 28.9 Å². The van der Waals surface area contributed by atoms with Crippen molar-refractivity contribution in [1.29, 1.82) is 0 Å². The van der Waals surface area contributed by atoms with Crippen LogP contribution in [-0.4, -0.2) is 48.3 Å². The minimum atomic E-state index is -0.762. The average Bonchev–Trinajstić information content (AvgIpc) is 2.87. The van der Waals surface area contributed by atoms with Gasteiger partial charge in [-0.1, -0.05) is 6.07 Å². The van der Waals surface area contributed by atoms with Crippen LogP contribution in [-0.2, 0) is 4.79 Å². The second kappa shape index (κ2) is 10.3. The molecular weight excluding hydrogens is 470 g/mol. The summed E-state index contributed by atoms with van der Waals surface area (Å²) in [5.74, 6) is -0.487. The third-order valence-electron chi connectivity index (χ3n) is 5.42. The topological polar surface area (TPSA) is 134 Å². The molecule has 2 heterocycles. The number of phenols is 1. The van der Waals surface area contributed by atoms with E-state index >= 15 is 0 Å². The van der Waals surface area contributed by atoms with Gasteiger partial charge in [-0.05, 0) is 35.9 Å². The highest BCUT2D eigenvalue weighted by atomic mass is 16.5. The number of ketones is 1. The minimum absolute atomic E-state index is 0.001000. The predicted molar refractivity (Wildman–Crippen MR) is 127 cm³/mol. The summed E-state index contributed by atoms with van der Waals surface area (Å²) in [7, 11) is 4.38. The van der Waals surface area contributed by atoms with Crippen LogP contribution in [0.3, 0.4) is 0 Å². The summed E-state index contributed by atoms with van der Waals surface area (Å²) in [5.41, 5.74) is 1.04. The summed E-state index contributed by atoms with van der Waals surface area (Å²) in [6.45, 7) is 0. The molecule has 2 N–H and O–H groups in total. The monoisotopic (exact) mass is 493 g/mol. The van der Waals surface area contributed by atoms with E-state index in [2.05, 4.69) is 4.98 Å². The number of aromatic hydroxyl groups is 2. The molecule has 10 nitrogen and oxygen atoms in total. The first kappa shape index (κ1) is 24.4. The van der Waals surface area contributed by atoms with Crippen molar-refractivity contribution < 1.29 is 43.5 Å². The van der Waals surface area contributed by atoms with Crippen molar-refractivity contribution in [2.45, 2.75) is 12.5 Å². The first-order valence-electron chi connectivity index (χ1n) is 10.8. The Morgan fingerprint density at radius 3 is 2.50 bits per heavy atom. The molecule has 1 aliphatic heterocycles. The molecule has 186 valence electrons. The van der Waals surface area contributed by atoms with Crippen molar-refractivity contribution in [3.8, 4) is 40.4 Å². The fraction of sp³-hybridized carbons (Fsp3) is 0.192. The van der Waals surface area contributed by atoms with Crippen LogP contribution in [0.5, 0.6) is 40.4 Å². The van der Waals surface area contributed by atoms with E-state index in [1.54, 1.807) is 18.2 Å².